The van der Waals surface area contributed by atoms with Gasteiger partial charge >= 0.3 is 5.97 Å². The quantitative estimate of drug-likeness (QED) is 0.528. The minimum absolute atomic E-state index is 0.397. The van der Waals surface area contributed by atoms with Crippen LogP contribution in [0.5, 0.6) is 11.5 Å². The van der Waals surface area contributed by atoms with Gasteiger partial charge in [-0.25, -0.2) is 4.79 Å². The van der Waals surface area contributed by atoms with Gasteiger partial charge in [-0.15, -0.1) is 0 Å². The number of carbonyl (C=O) groups is 1. The van der Waals surface area contributed by atoms with Crippen molar-refractivity contribution in [2.45, 2.75) is 0 Å². The number of halogens is 2. The first kappa shape index (κ1) is 13.8. The Morgan fingerprint density at radius 1 is 1.06 bits per heavy atom. The van der Waals surface area contributed by atoms with Gasteiger partial charge in [0.2, 0.25) is 0 Å². The first-order valence-electron chi connectivity index (χ1n) is 4.25. The van der Waals surface area contributed by atoms with Crippen LogP contribution in [-0.4, -0.2) is 27.3 Å². The molecule has 0 fully saturated rings. The summed E-state index contributed by atoms with van der Waals surface area (Å²) in [5.74, 6) is 0.794. The Balaban J connectivity index is 3.49. The molecular weight excluding hydrogens is 438 g/mol. The first-order chi connectivity index (χ1) is 7.56. The van der Waals surface area contributed by atoms with E-state index in [1.807, 2.05) is 0 Å². The molecule has 0 atom stereocenters. The second kappa shape index (κ2) is 5.89. The number of hydrogen-bond donors (Lipinski definition) is 0. The molecule has 1 rings (SSSR count). The van der Waals surface area contributed by atoms with Crippen molar-refractivity contribution >= 4 is 51.2 Å². The molecule has 0 bridgehead atoms. The molecule has 0 radical (unpaired) electrons. The highest BCUT2D eigenvalue weighted by Crippen LogP contribution is 2.35. The summed E-state index contributed by atoms with van der Waals surface area (Å²) in [5, 5.41) is 0. The van der Waals surface area contributed by atoms with Crippen LogP contribution in [0.15, 0.2) is 6.07 Å². The lowest BCUT2D eigenvalue weighted by Crippen LogP contribution is -2.09. The molecule has 88 valence electrons. The van der Waals surface area contributed by atoms with Crippen molar-refractivity contribution in [1.29, 1.82) is 0 Å². The highest BCUT2D eigenvalue weighted by Gasteiger charge is 2.22. The molecule has 0 N–H and O–H groups in total. The summed E-state index contributed by atoms with van der Waals surface area (Å²) >= 11 is 4.10. The fourth-order valence-electron chi connectivity index (χ4n) is 1.17. The standard InChI is InChI=1S/C10H10I2O4/c1-14-5-4-6(15-2)9(12)7(8(5)11)10(13)16-3/h4H,1-3H3. The van der Waals surface area contributed by atoms with Crippen LogP contribution in [-0.2, 0) is 4.74 Å². The molecule has 0 aliphatic heterocycles. The Morgan fingerprint density at radius 3 is 1.81 bits per heavy atom. The lowest BCUT2D eigenvalue weighted by molar-refractivity contribution is 0.0597. The van der Waals surface area contributed by atoms with Gasteiger partial charge in [-0.1, -0.05) is 0 Å². The Kier molecular flexibility index (Phi) is 5.09. The van der Waals surface area contributed by atoms with E-state index in [1.54, 1.807) is 20.3 Å². The minimum Gasteiger partial charge on any atom is -0.495 e. The first-order valence-corrected chi connectivity index (χ1v) is 6.40. The van der Waals surface area contributed by atoms with E-state index in [4.69, 9.17) is 14.2 Å². The summed E-state index contributed by atoms with van der Waals surface area (Å²) in [7, 11) is 4.44. The fraction of sp³-hybridized carbons (Fsp3) is 0.300. The van der Waals surface area contributed by atoms with Gasteiger partial charge in [-0.2, -0.15) is 0 Å². The molecule has 16 heavy (non-hydrogen) atoms. The number of rotatable bonds is 3. The van der Waals surface area contributed by atoms with Crippen molar-refractivity contribution in [2.75, 3.05) is 21.3 Å². The molecule has 1 aromatic carbocycles. The van der Waals surface area contributed by atoms with Gasteiger partial charge in [0.25, 0.3) is 0 Å². The van der Waals surface area contributed by atoms with Crippen molar-refractivity contribution in [1.82, 2.24) is 0 Å². The molecule has 0 saturated carbocycles. The minimum atomic E-state index is -0.397. The molecule has 0 aliphatic rings. The van der Waals surface area contributed by atoms with Crippen molar-refractivity contribution in [3.63, 3.8) is 0 Å². The molecule has 0 saturated heterocycles. The van der Waals surface area contributed by atoms with E-state index >= 15 is 0 Å². The number of esters is 1. The Bertz CT molecular complexity index is 390. The Labute approximate surface area is 121 Å². The van der Waals surface area contributed by atoms with Crippen LogP contribution in [0, 0.1) is 7.14 Å². The van der Waals surface area contributed by atoms with Crippen molar-refractivity contribution in [3.8, 4) is 11.5 Å². The predicted octanol–water partition coefficient (Wildman–Crippen LogP) is 2.70. The number of benzene rings is 1. The molecule has 0 unspecified atom stereocenters. The maximum Gasteiger partial charge on any atom is 0.340 e. The monoisotopic (exact) mass is 448 g/mol. The smallest absolute Gasteiger partial charge is 0.340 e. The van der Waals surface area contributed by atoms with Crippen molar-refractivity contribution < 1.29 is 19.0 Å². The lowest BCUT2D eigenvalue weighted by atomic mass is 10.2. The maximum atomic E-state index is 11.6. The van der Waals surface area contributed by atoms with Crippen molar-refractivity contribution in [2.24, 2.45) is 0 Å². The van der Waals surface area contributed by atoms with Crippen LogP contribution in [0.3, 0.4) is 0 Å². The second-order valence-corrected chi connectivity index (χ2v) is 4.93. The summed E-state index contributed by atoms with van der Waals surface area (Å²) in [6.07, 6.45) is 0. The summed E-state index contributed by atoms with van der Waals surface area (Å²) in [6, 6.07) is 1.75. The molecule has 6 heteroatoms. The van der Waals surface area contributed by atoms with Gasteiger partial charge in [-0.3, -0.25) is 0 Å². The third-order valence-corrected chi connectivity index (χ3v) is 4.11. The SMILES string of the molecule is COC(=O)c1c(I)c(OC)cc(OC)c1I. The topological polar surface area (TPSA) is 44.8 Å². The van der Waals surface area contributed by atoms with Crippen LogP contribution in [0.25, 0.3) is 0 Å². The predicted molar refractivity (Wildman–Crippen MR) is 76.3 cm³/mol. The molecule has 1 aromatic rings. The van der Waals surface area contributed by atoms with Crippen LogP contribution >= 0.6 is 45.2 Å². The summed E-state index contributed by atoms with van der Waals surface area (Å²) in [4.78, 5) is 11.6. The van der Waals surface area contributed by atoms with Gasteiger partial charge in [0.05, 0.1) is 34.0 Å². The van der Waals surface area contributed by atoms with Gasteiger partial charge in [-0.05, 0) is 45.2 Å². The molecule has 0 spiro atoms. The number of ether oxygens (including phenoxy) is 3. The normalized spacial score (nSPS) is 9.81. The zero-order valence-corrected chi connectivity index (χ0v) is 13.3. The van der Waals surface area contributed by atoms with Gasteiger partial charge < -0.3 is 14.2 Å². The molecule has 0 aliphatic carbocycles. The average molecular weight is 448 g/mol. The van der Waals surface area contributed by atoms with Crippen LogP contribution in [0.2, 0.25) is 0 Å². The molecule has 4 nitrogen and oxygen atoms in total. The molecular formula is C10H10I2O4. The number of carbonyl (C=O) groups excluding carboxylic acids is 1. The van der Waals surface area contributed by atoms with E-state index in [0.717, 1.165) is 7.14 Å². The van der Waals surface area contributed by atoms with E-state index in [9.17, 15) is 4.79 Å². The number of methoxy groups -OCH3 is 3. The van der Waals surface area contributed by atoms with Gasteiger partial charge in [0, 0.05) is 6.07 Å². The van der Waals surface area contributed by atoms with Gasteiger partial charge in [0.1, 0.15) is 11.5 Å². The second-order valence-electron chi connectivity index (χ2n) is 2.78. The van der Waals surface area contributed by atoms with E-state index in [1.165, 1.54) is 7.11 Å². The molecule has 0 amide bonds. The zero-order valence-electron chi connectivity index (χ0n) is 8.97. The van der Waals surface area contributed by atoms with Crippen LogP contribution in [0.1, 0.15) is 10.4 Å². The highest BCUT2D eigenvalue weighted by molar-refractivity contribution is 14.1. The third-order valence-electron chi connectivity index (χ3n) is 1.96. The maximum absolute atomic E-state index is 11.6. The largest absolute Gasteiger partial charge is 0.495 e. The summed E-state index contributed by atoms with van der Waals surface area (Å²) in [5.41, 5.74) is 0.472. The summed E-state index contributed by atoms with van der Waals surface area (Å²) in [6.45, 7) is 0. The summed E-state index contributed by atoms with van der Waals surface area (Å²) < 4.78 is 16.5. The van der Waals surface area contributed by atoms with Gasteiger partial charge in [0.15, 0.2) is 0 Å². The zero-order chi connectivity index (χ0) is 12.3. The van der Waals surface area contributed by atoms with Crippen LogP contribution in [0.4, 0.5) is 0 Å². The number of hydrogen-bond acceptors (Lipinski definition) is 4. The lowest BCUT2D eigenvalue weighted by Gasteiger charge is -2.13. The Morgan fingerprint density at radius 2 is 1.50 bits per heavy atom. The molecule has 0 aromatic heterocycles. The van der Waals surface area contributed by atoms with E-state index in [0.29, 0.717) is 17.1 Å². The third kappa shape index (κ3) is 2.53. The fourth-order valence-corrected chi connectivity index (χ4v) is 3.41. The highest BCUT2D eigenvalue weighted by atomic mass is 127. The van der Waals surface area contributed by atoms with E-state index in [2.05, 4.69) is 45.2 Å². The average Bonchev–Trinajstić information content (AvgIpc) is 2.29. The van der Waals surface area contributed by atoms with Crippen LogP contribution < -0.4 is 9.47 Å². The Hall–Kier alpha value is -0.250. The van der Waals surface area contributed by atoms with E-state index in [-0.39, 0.29) is 0 Å². The van der Waals surface area contributed by atoms with Crippen molar-refractivity contribution in [3.05, 3.63) is 18.8 Å². The molecule has 0 heterocycles. The van der Waals surface area contributed by atoms with E-state index < -0.39 is 5.97 Å².